The number of rotatable bonds is 3. The van der Waals surface area contributed by atoms with Crippen LogP contribution in [0, 0.1) is 5.92 Å². The molecule has 0 amide bonds. The Kier molecular flexibility index (Phi) is 2.18. The fourth-order valence-electron chi connectivity index (χ4n) is 1.46. The zero-order valence-electron chi connectivity index (χ0n) is 7.24. The lowest BCUT2D eigenvalue weighted by molar-refractivity contribution is -0.137. The molecule has 1 N–H and O–H groups in total. The van der Waals surface area contributed by atoms with Crippen molar-refractivity contribution >= 4 is 5.97 Å². The lowest BCUT2D eigenvalue weighted by Crippen LogP contribution is -2.15. The Bertz CT molecular complexity index is 167. The first kappa shape index (κ1) is 8.53. The van der Waals surface area contributed by atoms with Gasteiger partial charge in [-0.3, -0.25) is 9.69 Å². The van der Waals surface area contributed by atoms with E-state index in [-0.39, 0.29) is 12.1 Å². The zero-order valence-corrected chi connectivity index (χ0v) is 7.24. The van der Waals surface area contributed by atoms with Crippen LogP contribution < -0.4 is 0 Å². The molecule has 0 aromatic carbocycles. The van der Waals surface area contributed by atoms with E-state index in [2.05, 4.69) is 13.8 Å². The van der Waals surface area contributed by atoms with Crippen molar-refractivity contribution in [1.29, 1.82) is 0 Å². The molecule has 1 rings (SSSR count). The normalized spacial score (nSPS) is 35.8. The fourth-order valence-corrected chi connectivity index (χ4v) is 1.46. The van der Waals surface area contributed by atoms with Crippen LogP contribution in [0.2, 0.25) is 0 Å². The van der Waals surface area contributed by atoms with Crippen LogP contribution in [0.3, 0.4) is 0 Å². The van der Waals surface area contributed by atoms with Crippen LogP contribution in [-0.4, -0.2) is 34.6 Å². The van der Waals surface area contributed by atoms with Crippen LogP contribution in [-0.2, 0) is 4.79 Å². The van der Waals surface area contributed by atoms with Gasteiger partial charge in [-0.15, -0.1) is 0 Å². The van der Waals surface area contributed by atoms with Crippen molar-refractivity contribution in [3.63, 3.8) is 0 Å². The third-order valence-electron chi connectivity index (χ3n) is 2.08. The highest BCUT2D eigenvalue weighted by Gasteiger charge is 2.49. The van der Waals surface area contributed by atoms with Gasteiger partial charge in [0.1, 0.15) is 6.04 Å². The van der Waals surface area contributed by atoms with E-state index in [1.54, 1.807) is 0 Å². The van der Waals surface area contributed by atoms with Gasteiger partial charge in [0.2, 0.25) is 0 Å². The summed E-state index contributed by atoms with van der Waals surface area (Å²) in [5.74, 6) is -0.125. The average Bonchev–Trinajstić information content (AvgIpc) is 2.40. The summed E-state index contributed by atoms with van der Waals surface area (Å²) in [5, 5.41) is 8.67. The van der Waals surface area contributed by atoms with Crippen molar-refractivity contribution in [1.82, 2.24) is 4.90 Å². The average molecular weight is 157 g/mol. The molecule has 1 saturated heterocycles. The summed E-state index contributed by atoms with van der Waals surface area (Å²) in [4.78, 5) is 12.5. The maximum Gasteiger partial charge on any atom is 0.322 e. The number of hydrogen-bond donors (Lipinski definition) is 1. The highest BCUT2D eigenvalue weighted by atomic mass is 16.4. The van der Waals surface area contributed by atoms with Gasteiger partial charge in [0.15, 0.2) is 0 Å². The molecule has 1 heterocycles. The Labute approximate surface area is 67.0 Å². The standard InChI is InChI=1S/C8H15NO2/c1-5(2)4-9-6(3)7(9)8(10)11/h5-7H,4H2,1-3H3,(H,10,11)/t6-,7-,9?/m0/s1. The molecule has 1 fully saturated rings. The van der Waals surface area contributed by atoms with Crippen LogP contribution in [0.5, 0.6) is 0 Å². The molecular weight excluding hydrogens is 142 g/mol. The predicted molar refractivity (Wildman–Crippen MR) is 42.4 cm³/mol. The van der Waals surface area contributed by atoms with Crippen molar-refractivity contribution in [3.05, 3.63) is 0 Å². The lowest BCUT2D eigenvalue weighted by atomic mass is 10.2. The minimum absolute atomic E-state index is 0.211. The summed E-state index contributed by atoms with van der Waals surface area (Å²) >= 11 is 0. The molecule has 0 aromatic heterocycles. The maximum atomic E-state index is 10.5. The zero-order chi connectivity index (χ0) is 8.59. The first-order valence-corrected chi connectivity index (χ1v) is 4.02. The smallest absolute Gasteiger partial charge is 0.322 e. The first-order chi connectivity index (χ1) is 5.04. The van der Waals surface area contributed by atoms with Crippen molar-refractivity contribution < 1.29 is 9.90 Å². The molecule has 0 saturated carbocycles. The summed E-state index contributed by atoms with van der Waals surface area (Å²) in [6.45, 7) is 7.06. The second-order valence-corrected chi connectivity index (χ2v) is 3.61. The highest BCUT2D eigenvalue weighted by Crippen LogP contribution is 2.28. The van der Waals surface area contributed by atoms with Crippen molar-refractivity contribution in [3.8, 4) is 0 Å². The topological polar surface area (TPSA) is 40.3 Å². The van der Waals surface area contributed by atoms with E-state index >= 15 is 0 Å². The molecule has 0 radical (unpaired) electrons. The SMILES string of the molecule is CC(C)CN1[C@H](C(=O)O)[C@@H]1C. The van der Waals surface area contributed by atoms with Gasteiger partial charge in [-0.2, -0.15) is 0 Å². The Morgan fingerprint density at radius 3 is 2.45 bits per heavy atom. The molecule has 1 unspecified atom stereocenters. The van der Waals surface area contributed by atoms with Crippen molar-refractivity contribution in [2.45, 2.75) is 32.9 Å². The number of carboxylic acid groups (broad SMARTS) is 1. The van der Waals surface area contributed by atoms with Gasteiger partial charge in [0.25, 0.3) is 0 Å². The second kappa shape index (κ2) is 2.81. The fraction of sp³-hybridized carbons (Fsp3) is 0.875. The molecule has 1 aliphatic heterocycles. The molecule has 0 bridgehead atoms. The van der Waals surface area contributed by atoms with Crippen molar-refractivity contribution in [2.75, 3.05) is 6.54 Å². The maximum absolute atomic E-state index is 10.5. The molecule has 0 aliphatic carbocycles. The number of carboxylic acids is 1. The molecule has 3 heteroatoms. The quantitative estimate of drug-likeness (QED) is 0.616. The molecule has 3 nitrogen and oxygen atoms in total. The molecule has 0 aromatic rings. The minimum atomic E-state index is -0.682. The number of nitrogens with zero attached hydrogens (tertiary/aromatic N) is 1. The van der Waals surface area contributed by atoms with Crippen molar-refractivity contribution in [2.24, 2.45) is 5.92 Å². The lowest BCUT2D eigenvalue weighted by Gasteiger charge is -2.04. The van der Waals surface area contributed by atoms with Crippen LogP contribution in [0.25, 0.3) is 0 Å². The second-order valence-electron chi connectivity index (χ2n) is 3.61. The largest absolute Gasteiger partial charge is 0.480 e. The summed E-state index contributed by atoms with van der Waals surface area (Å²) in [7, 11) is 0. The summed E-state index contributed by atoms with van der Waals surface area (Å²) in [5.41, 5.74) is 0. The Morgan fingerprint density at radius 1 is 1.64 bits per heavy atom. The predicted octanol–water partition coefficient (Wildman–Crippen LogP) is 0.800. The molecule has 11 heavy (non-hydrogen) atoms. The Hall–Kier alpha value is -0.570. The minimum Gasteiger partial charge on any atom is -0.480 e. The van der Waals surface area contributed by atoms with E-state index in [1.165, 1.54) is 0 Å². The number of hydrogen-bond acceptors (Lipinski definition) is 2. The van der Waals surface area contributed by atoms with Gasteiger partial charge < -0.3 is 5.11 Å². The third kappa shape index (κ3) is 1.71. The molecule has 0 spiro atoms. The van der Waals surface area contributed by atoms with Gasteiger partial charge in [-0.1, -0.05) is 13.8 Å². The van der Waals surface area contributed by atoms with Gasteiger partial charge in [-0.25, -0.2) is 0 Å². The number of aliphatic carboxylic acids is 1. The third-order valence-corrected chi connectivity index (χ3v) is 2.08. The Morgan fingerprint density at radius 2 is 2.18 bits per heavy atom. The molecular formula is C8H15NO2. The van der Waals surface area contributed by atoms with E-state index in [9.17, 15) is 4.79 Å². The van der Waals surface area contributed by atoms with E-state index in [0.29, 0.717) is 5.92 Å². The highest BCUT2D eigenvalue weighted by molar-refractivity contribution is 5.78. The van der Waals surface area contributed by atoms with Gasteiger partial charge in [0.05, 0.1) is 0 Å². The first-order valence-electron chi connectivity index (χ1n) is 4.02. The van der Waals surface area contributed by atoms with E-state index < -0.39 is 5.97 Å². The van der Waals surface area contributed by atoms with Crippen LogP contribution in [0.15, 0.2) is 0 Å². The monoisotopic (exact) mass is 157 g/mol. The molecule has 3 atom stereocenters. The van der Waals surface area contributed by atoms with E-state index in [1.807, 2.05) is 11.8 Å². The number of carbonyl (C=O) groups is 1. The summed E-state index contributed by atoms with van der Waals surface area (Å²) in [6.07, 6.45) is 0. The van der Waals surface area contributed by atoms with Crippen LogP contribution in [0.4, 0.5) is 0 Å². The van der Waals surface area contributed by atoms with Gasteiger partial charge >= 0.3 is 5.97 Å². The summed E-state index contributed by atoms with van der Waals surface area (Å²) < 4.78 is 0. The van der Waals surface area contributed by atoms with E-state index in [4.69, 9.17) is 5.11 Å². The van der Waals surface area contributed by atoms with Gasteiger partial charge in [0, 0.05) is 12.6 Å². The summed E-state index contributed by atoms with van der Waals surface area (Å²) in [6, 6.07) is 0.0345. The van der Waals surface area contributed by atoms with E-state index in [0.717, 1.165) is 6.54 Å². The van der Waals surface area contributed by atoms with Crippen LogP contribution >= 0.6 is 0 Å². The Balaban J connectivity index is 2.36. The molecule has 64 valence electrons. The van der Waals surface area contributed by atoms with Crippen LogP contribution in [0.1, 0.15) is 20.8 Å². The van der Waals surface area contributed by atoms with Gasteiger partial charge in [-0.05, 0) is 12.8 Å². The molecule has 1 aliphatic rings.